The highest BCUT2D eigenvalue weighted by molar-refractivity contribution is 5.35. The summed E-state index contributed by atoms with van der Waals surface area (Å²) in [6.45, 7) is 9.00. The van der Waals surface area contributed by atoms with E-state index in [1.165, 1.54) is 18.4 Å². The van der Waals surface area contributed by atoms with Crippen molar-refractivity contribution in [3.8, 4) is 5.75 Å². The molecule has 2 nitrogen and oxygen atoms in total. The van der Waals surface area contributed by atoms with Crippen LogP contribution >= 0.6 is 0 Å². The van der Waals surface area contributed by atoms with Crippen LogP contribution in [0.5, 0.6) is 5.75 Å². The number of benzene rings is 1. The molecule has 0 aromatic heterocycles. The first-order chi connectivity index (χ1) is 8.54. The zero-order chi connectivity index (χ0) is 13.5. The molecule has 2 atom stereocenters. The van der Waals surface area contributed by atoms with Crippen LogP contribution < -0.4 is 10.1 Å². The van der Waals surface area contributed by atoms with Crippen LogP contribution in [0.2, 0.25) is 0 Å². The van der Waals surface area contributed by atoms with Gasteiger partial charge in [0.15, 0.2) is 0 Å². The van der Waals surface area contributed by atoms with E-state index >= 15 is 0 Å². The molecule has 1 unspecified atom stereocenters. The quantitative estimate of drug-likeness (QED) is 0.783. The van der Waals surface area contributed by atoms with Gasteiger partial charge in [-0.15, -0.1) is 0 Å². The molecule has 1 aromatic carbocycles. The maximum Gasteiger partial charge on any atom is 0.123 e. The standard InChI is InChI=1S/C16H27NO/c1-12(2)10-11-13(3)17-14(4)15-8-6-7-9-16(15)18-5/h6-9,12-14,17H,10-11H2,1-5H3/t13?,14-/m0/s1. The maximum atomic E-state index is 5.41. The zero-order valence-electron chi connectivity index (χ0n) is 12.4. The number of para-hydroxylation sites is 1. The van der Waals surface area contributed by atoms with E-state index < -0.39 is 0 Å². The minimum atomic E-state index is 0.323. The Morgan fingerprint density at radius 2 is 1.72 bits per heavy atom. The zero-order valence-corrected chi connectivity index (χ0v) is 12.4. The third kappa shape index (κ3) is 4.69. The number of nitrogens with one attached hydrogen (secondary N) is 1. The largest absolute Gasteiger partial charge is 0.496 e. The molecule has 0 fully saturated rings. The SMILES string of the molecule is COc1ccccc1[C@H](C)NC(C)CCC(C)C. The molecule has 0 aliphatic heterocycles. The highest BCUT2D eigenvalue weighted by Crippen LogP contribution is 2.25. The van der Waals surface area contributed by atoms with E-state index in [-0.39, 0.29) is 0 Å². The van der Waals surface area contributed by atoms with Crippen molar-refractivity contribution >= 4 is 0 Å². The van der Waals surface area contributed by atoms with Gasteiger partial charge in [-0.25, -0.2) is 0 Å². The van der Waals surface area contributed by atoms with Crippen LogP contribution in [0.25, 0.3) is 0 Å². The Morgan fingerprint density at radius 3 is 2.33 bits per heavy atom. The summed E-state index contributed by atoms with van der Waals surface area (Å²) in [6, 6.07) is 9.08. The van der Waals surface area contributed by atoms with Crippen LogP contribution in [-0.2, 0) is 0 Å². The van der Waals surface area contributed by atoms with Gasteiger partial charge in [0.2, 0.25) is 0 Å². The molecular weight excluding hydrogens is 222 g/mol. The van der Waals surface area contributed by atoms with E-state index in [1.54, 1.807) is 7.11 Å². The van der Waals surface area contributed by atoms with Crippen molar-refractivity contribution in [3.63, 3.8) is 0 Å². The van der Waals surface area contributed by atoms with E-state index in [4.69, 9.17) is 4.74 Å². The Kier molecular flexibility index (Phi) is 6.20. The van der Waals surface area contributed by atoms with Crippen LogP contribution in [0, 0.1) is 5.92 Å². The molecule has 0 radical (unpaired) electrons. The normalized spacial score (nSPS) is 14.6. The van der Waals surface area contributed by atoms with Crippen molar-refractivity contribution in [3.05, 3.63) is 29.8 Å². The van der Waals surface area contributed by atoms with E-state index in [0.717, 1.165) is 11.7 Å². The van der Waals surface area contributed by atoms with Crippen molar-refractivity contribution in [2.24, 2.45) is 5.92 Å². The van der Waals surface area contributed by atoms with Crippen molar-refractivity contribution in [2.45, 2.75) is 52.6 Å². The molecule has 18 heavy (non-hydrogen) atoms. The summed E-state index contributed by atoms with van der Waals surface area (Å²) in [6.07, 6.45) is 2.49. The summed E-state index contributed by atoms with van der Waals surface area (Å²) >= 11 is 0. The molecule has 0 amide bonds. The van der Waals surface area contributed by atoms with E-state index in [1.807, 2.05) is 12.1 Å². The molecule has 0 bridgehead atoms. The number of hydrogen-bond donors (Lipinski definition) is 1. The smallest absolute Gasteiger partial charge is 0.123 e. The highest BCUT2D eigenvalue weighted by Gasteiger charge is 2.13. The molecule has 1 aromatic rings. The Hall–Kier alpha value is -1.02. The van der Waals surface area contributed by atoms with Crippen molar-refractivity contribution in [1.29, 1.82) is 0 Å². The first-order valence-electron chi connectivity index (χ1n) is 6.93. The van der Waals surface area contributed by atoms with E-state index in [0.29, 0.717) is 12.1 Å². The predicted molar refractivity (Wildman–Crippen MR) is 78.1 cm³/mol. The number of rotatable bonds is 7. The van der Waals surface area contributed by atoms with Crippen molar-refractivity contribution in [2.75, 3.05) is 7.11 Å². The second-order valence-corrected chi connectivity index (χ2v) is 5.50. The molecule has 102 valence electrons. The summed E-state index contributed by atoms with van der Waals surface area (Å²) < 4.78 is 5.41. The molecule has 1 rings (SSSR count). The van der Waals surface area contributed by atoms with Crippen LogP contribution in [0.4, 0.5) is 0 Å². The molecule has 0 saturated carbocycles. The molecule has 0 heterocycles. The second kappa shape index (κ2) is 7.42. The van der Waals surface area contributed by atoms with Crippen LogP contribution in [0.3, 0.4) is 0 Å². The van der Waals surface area contributed by atoms with Gasteiger partial charge in [0, 0.05) is 17.6 Å². The molecule has 0 aliphatic rings. The monoisotopic (exact) mass is 249 g/mol. The fourth-order valence-corrected chi connectivity index (χ4v) is 2.21. The molecular formula is C16H27NO. The fraction of sp³-hybridized carbons (Fsp3) is 0.625. The molecule has 0 saturated heterocycles. The van der Waals surface area contributed by atoms with Crippen LogP contribution in [-0.4, -0.2) is 13.2 Å². The van der Waals surface area contributed by atoms with Gasteiger partial charge in [-0.05, 0) is 38.7 Å². The van der Waals surface area contributed by atoms with Gasteiger partial charge in [-0.2, -0.15) is 0 Å². The molecule has 0 spiro atoms. The minimum Gasteiger partial charge on any atom is -0.496 e. The lowest BCUT2D eigenvalue weighted by Crippen LogP contribution is -2.29. The Labute approximate surface area is 112 Å². The minimum absolute atomic E-state index is 0.323. The third-order valence-electron chi connectivity index (χ3n) is 3.32. The van der Waals surface area contributed by atoms with Crippen LogP contribution in [0.15, 0.2) is 24.3 Å². The van der Waals surface area contributed by atoms with E-state index in [9.17, 15) is 0 Å². The van der Waals surface area contributed by atoms with Gasteiger partial charge in [0.05, 0.1) is 7.11 Å². The fourth-order valence-electron chi connectivity index (χ4n) is 2.21. The average molecular weight is 249 g/mol. The number of ether oxygens (including phenoxy) is 1. The average Bonchev–Trinajstić information content (AvgIpc) is 2.36. The summed E-state index contributed by atoms with van der Waals surface area (Å²) in [4.78, 5) is 0. The third-order valence-corrected chi connectivity index (χ3v) is 3.32. The summed E-state index contributed by atoms with van der Waals surface area (Å²) in [5.41, 5.74) is 1.23. The lowest BCUT2D eigenvalue weighted by atomic mass is 10.0. The summed E-state index contributed by atoms with van der Waals surface area (Å²) in [5.74, 6) is 1.74. The molecule has 2 heteroatoms. The van der Waals surface area contributed by atoms with Gasteiger partial charge < -0.3 is 10.1 Å². The summed E-state index contributed by atoms with van der Waals surface area (Å²) in [7, 11) is 1.73. The Morgan fingerprint density at radius 1 is 1.06 bits per heavy atom. The second-order valence-electron chi connectivity index (χ2n) is 5.50. The molecule has 0 aliphatic carbocycles. The Balaban J connectivity index is 2.56. The predicted octanol–water partition coefficient (Wildman–Crippen LogP) is 4.17. The van der Waals surface area contributed by atoms with Gasteiger partial charge in [0.25, 0.3) is 0 Å². The van der Waals surface area contributed by atoms with Gasteiger partial charge in [-0.3, -0.25) is 0 Å². The Bertz CT molecular complexity index is 349. The van der Waals surface area contributed by atoms with Crippen molar-refractivity contribution in [1.82, 2.24) is 5.32 Å². The van der Waals surface area contributed by atoms with Crippen molar-refractivity contribution < 1.29 is 4.74 Å². The van der Waals surface area contributed by atoms with Gasteiger partial charge >= 0.3 is 0 Å². The lowest BCUT2D eigenvalue weighted by Gasteiger charge is -2.22. The maximum absolute atomic E-state index is 5.41. The topological polar surface area (TPSA) is 21.3 Å². The molecule has 1 N–H and O–H groups in total. The van der Waals surface area contributed by atoms with Crippen LogP contribution in [0.1, 0.15) is 52.1 Å². The lowest BCUT2D eigenvalue weighted by molar-refractivity contribution is 0.385. The number of methoxy groups -OCH3 is 1. The first kappa shape index (κ1) is 15.0. The number of hydrogen-bond acceptors (Lipinski definition) is 2. The van der Waals surface area contributed by atoms with Gasteiger partial charge in [0.1, 0.15) is 5.75 Å². The van der Waals surface area contributed by atoms with Gasteiger partial charge in [-0.1, -0.05) is 32.0 Å². The first-order valence-corrected chi connectivity index (χ1v) is 6.93. The summed E-state index contributed by atoms with van der Waals surface area (Å²) in [5, 5.41) is 3.65. The highest BCUT2D eigenvalue weighted by atomic mass is 16.5. The van der Waals surface area contributed by atoms with E-state index in [2.05, 4.69) is 45.1 Å².